The van der Waals surface area contributed by atoms with Crippen LogP contribution < -0.4 is 4.72 Å². The van der Waals surface area contributed by atoms with Crippen LogP contribution in [0.25, 0.3) is 0 Å². The lowest BCUT2D eigenvalue weighted by Crippen LogP contribution is -2.26. The van der Waals surface area contributed by atoms with E-state index in [-0.39, 0.29) is 23.4 Å². The number of rotatable bonds is 7. The van der Waals surface area contributed by atoms with E-state index in [1.54, 1.807) is 12.3 Å². The SMILES string of the molecule is COCCNS(=O)(=O)c1cc(CCl)n(C(C)C)c1. The Morgan fingerprint density at radius 1 is 1.50 bits per heavy atom. The highest BCUT2D eigenvalue weighted by atomic mass is 35.5. The average Bonchev–Trinajstić information content (AvgIpc) is 2.74. The molecule has 0 amide bonds. The lowest BCUT2D eigenvalue weighted by atomic mass is 10.4. The molecule has 0 saturated carbocycles. The van der Waals surface area contributed by atoms with Gasteiger partial charge in [0.25, 0.3) is 0 Å². The fraction of sp³-hybridized carbons (Fsp3) is 0.636. The summed E-state index contributed by atoms with van der Waals surface area (Å²) >= 11 is 5.81. The number of nitrogens with zero attached hydrogens (tertiary/aromatic N) is 1. The Kier molecular flexibility index (Phi) is 5.65. The van der Waals surface area contributed by atoms with Crippen LogP contribution in [0.4, 0.5) is 0 Å². The molecule has 0 spiro atoms. The summed E-state index contributed by atoms with van der Waals surface area (Å²) in [6.07, 6.45) is 1.61. The van der Waals surface area contributed by atoms with Crippen molar-refractivity contribution in [2.24, 2.45) is 0 Å². The van der Waals surface area contributed by atoms with Gasteiger partial charge in [0.1, 0.15) is 0 Å². The minimum absolute atomic E-state index is 0.168. The molecular formula is C11H19ClN2O3S. The van der Waals surface area contributed by atoms with Crippen molar-refractivity contribution in [3.63, 3.8) is 0 Å². The third-order valence-electron chi connectivity index (χ3n) is 2.51. The number of methoxy groups -OCH3 is 1. The molecule has 0 aliphatic heterocycles. The van der Waals surface area contributed by atoms with E-state index in [1.807, 2.05) is 18.4 Å². The number of ether oxygens (including phenoxy) is 1. The van der Waals surface area contributed by atoms with Crippen LogP contribution in [0.15, 0.2) is 17.2 Å². The molecular weight excluding hydrogens is 276 g/mol. The van der Waals surface area contributed by atoms with E-state index in [2.05, 4.69) is 4.72 Å². The molecule has 1 heterocycles. The van der Waals surface area contributed by atoms with Crippen LogP contribution in [0.1, 0.15) is 25.6 Å². The molecule has 1 N–H and O–H groups in total. The summed E-state index contributed by atoms with van der Waals surface area (Å²) in [5.41, 5.74) is 0.791. The van der Waals surface area contributed by atoms with Gasteiger partial charge in [0, 0.05) is 31.6 Å². The van der Waals surface area contributed by atoms with Gasteiger partial charge in [0.05, 0.1) is 17.4 Å². The first-order valence-electron chi connectivity index (χ1n) is 5.67. The van der Waals surface area contributed by atoms with Gasteiger partial charge in [-0.3, -0.25) is 0 Å². The zero-order chi connectivity index (χ0) is 13.8. The van der Waals surface area contributed by atoms with E-state index in [9.17, 15) is 8.42 Å². The highest BCUT2D eigenvalue weighted by Crippen LogP contribution is 2.20. The lowest BCUT2D eigenvalue weighted by molar-refractivity contribution is 0.204. The van der Waals surface area contributed by atoms with Gasteiger partial charge in [-0.2, -0.15) is 0 Å². The van der Waals surface area contributed by atoms with Gasteiger partial charge in [-0.1, -0.05) is 0 Å². The molecule has 0 radical (unpaired) electrons. The van der Waals surface area contributed by atoms with Crippen molar-refractivity contribution in [2.75, 3.05) is 20.3 Å². The molecule has 1 aromatic rings. The highest BCUT2D eigenvalue weighted by molar-refractivity contribution is 7.89. The topological polar surface area (TPSA) is 60.3 Å². The van der Waals surface area contributed by atoms with E-state index in [4.69, 9.17) is 16.3 Å². The van der Waals surface area contributed by atoms with Crippen molar-refractivity contribution in [1.82, 2.24) is 9.29 Å². The highest BCUT2D eigenvalue weighted by Gasteiger charge is 2.18. The number of hydrogen-bond donors (Lipinski definition) is 1. The second-order valence-corrected chi connectivity index (χ2v) is 6.23. The van der Waals surface area contributed by atoms with Crippen molar-refractivity contribution in [1.29, 1.82) is 0 Å². The molecule has 5 nitrogen and oxygen atoms in total. The fourth-order valence-electron chi connectivity index (χ4n) is 1.59. The van der Waals surface area contributed by atoms with Gasteiger partial charge < -0.3 is 9.30 Å². The Morgan fingerprint density at radius 3 is 2.61 bits per heavy atom. The minimum atomic E-state index is -3.49. The van der Waals surface area contributed by atoms with Crippen LogP contribution in [0, 0.1) is 0 Å². The number of aromatic nitrogens is 1. The van der Waals surface area contributed by atoms with Crippen LogP contribution in [0.3, 0.4) is 0 Å². The fourth-order valence-corrected chi connectivity index (χ4v) is 2.87. The first-order chi connectivity index (χ1) is 8.42. The van der Waals surface area contributed by atoms with E-state index in [0.29, 0.717) is 6.61 Å². The largest absolute Gasteiger partial charge is 0.383 e. The predicted molar refractivity (Wildman–Crippen MR) is 71.4 cm³/mol. The molecule has 0 fully saturated rings. The number of nitrogens with one attached hydrogen (secondary N) is 1. The van der Waals surface area contributed by atoms with Crippen LogP contribution in [0.5, 0.6) is 0 Å². The minimum Gasteiger partial charge on any atom is -0.383 e. The first-order valence-corrected chi connectivity index (χ1v) is 7.69. The van der Waals surface area contributed by atoms with Crippen LogP contribution >= 0.6 is 11.6 Å². The first kappa shape index (κ1) is 15.5. The maximum Gasteiger partial charge on any atom is 0.242 e. The molecule has 0 aliphatic rings. The molecule has 0 atom stereocenters. The number of alkyl halides is 1. The molecule has 1 rings (SSSR count). The molecule has 0 saturated heterocycles. The normalized spacial score (nSPS) is 12.3. The monoisotopic (exact) mass is 294 g/mol. The van der Waals surface area contributed by atoms with Gasteiger partial charge in [0.15, 0.2) is 0 Å². The van der Waals surface area contributed by atoms with Crippen molar-refractivity contribution in [3.8, 4) is 0 Å². The third-order valence-corrected chi connectivity index (χ3v) is 4.21. The summed E-state index contributed by atoms with van der Waals surface area (Å²) in [6.45, 7) is 4.55. The van der Waals surface area contributed by atoms with Gasteiger partial charge in [-0.05, 0) is 19.9 Å². The molecule has 104 valence electrons. The predicted octanol–water partition coefficient (Wildman–Crippen LogP) is 1.73. The zero-order valence-corrected chi connectivity index (χ0v) is 12.4. The third kappa shape index (κ3) is 3.71. The zero-order valence-electron chi connectivity index (χ0n) is 10.8. The van der Waals surface area contributed by atoms with E-state index < -0.39 is 10.0 Å². The molecule has 0 bridgehead atoms. The average molecular weight is 295 g/mol. The Bertz CT molecular complexity index is 482. The molecule has 18 heavy (non-hydrogen) atoms. The summed E-state index contributed by atoms with van der Waals surface area (Å²) in [6, 6.07) is 1.77. The summed E-state index contributed by atoms with van der Waals surface area (Å²) in [7, 11) is -1.96. The molecule has 0 aliphatic carbocycles. The molecule has 0 aromatic carbocycles. The Labute approximate surface area is 113 Å². The second-order valence-electron chi connectivity index (χ2n) is 4.19. The number of halogens is 1. The molecule has 0 unspecified atom stereocenters. The molecule has 7 heteroatoms. The van der Waals surface area contributed by atoms with Gasteiger partial charge >= 0.3 is 0 Å². The summed E-state index contributed by atoms with van der Waals surface area (Å²) in [5, 5.41) is 0. The standard InChI is InChI=1S/C11H19ClN2O3S/c1-9(2)14-8-11(6-10(14)7-12)18(15,16)13-4-5-17-3/h6,8-9,13H,4-5,7H2,1-3H3. The maximum absolute atomic E-state index is 12.0. The van der Waals surface area contributed by atoms with Crippen molar-refractivity contribution in [3.05, 3.63) is 18.0 Å². The summed E-state index contributed by atoms with van der Waals surface area (Å²) in [5.74, 6) is 0.284. The van der Waals surface area contributed by atoms with E-state index in [0.717, 1.165) is 5.69 Å². The van der Waals surface area contributed by atoms with Crippen LogP contribution in [-0.4, -0.2) is 33.2 Å². The van der Waals surface area contributed by atoms with Crippen molar-refractivity contribution >= 4 is 21.6 Å². The smallest absolute Gasteiger partial charge is 0.242 e. The van der Waals surface area contributed by atoms with Crippen molar-refractivity contribution < 1.29 is 13.2 Å². The van der Waals surface area contributed by atoms with Gasteiger partial charge in [-0.25, -0.2) is 13.1 Å². The number of sulfonamides is 1. The lowest BCUT2D eigenvalue weighted by Gasteiger charge is -2.10. The quantitative estimate of drug-likeness (QED) is 0.615. The van der Waals surface area contributed by atoms with E-state index in [1.165, 1.54) is 7.11 Å². The maximum atomic E-state index is 12.0. The second kappa shape index (κ2) is 6.56. The Hall–Kier alpha value is -0.560. The van der Waals surface area contributed by atoms with Gasteiger partial charge in [-0.15, -0.1) is 11.6 Å². The molecule has 1 aromatic heterocycles. The Morgan fingerprint density at radius 2 is 2.17 bits per heavy atom. The summed E-state index contributed by atoms with van der Waals surface area (Å²) in [4.78, 5) is 0.239. The van der Waals surface area contributed by atoms with Crippen molar-refractivity contribution in [2.45, 2.75) is 30.7 Å². The van der Waals surface area contributed by atoms with Gasteiger partial charge in [0.2, 0.25) is 10.0 Å². The Balaban J connectivity index is 2.95. The summed E-state index contributed by atoms with van der Waals surface area (Å²) < 4.78 is 33.1. The van der Waals surface area contributed by atoms with E-state index >= 15 is 0 Å². The number of hydrogen-bond acceptors (Lipinski definition) is 3. The van der Waals surface area contributed by atoms with Crippen LogP contribution in [-0.2, 0) is 20.6 Å². The van der Waals surface area contributed by atoms with Crippen LogP contribution in [0.2, 0.25) is 0 Å².